The average molecular weight is 365 g/mol. The normalized spacial score (nSPS) is 10.4. The van der Waals surface area contributed by atoms with Gasteiger partial charge in [0.15, 0.2) is 0 Å². The third-order valence-corrected chi connectivity index (χ3v) is 4.06. The van der Waals surface area contributed by atoms with Gasteiger partial charge in [0.25, 0.3) is 11.5 Å². The number of benzene rings is 2. The Bertz CT molecular complexity index is 1030. The molecule has 0 atom stereocenters. The second-order valence-electron chi connectivity index (χ2n) is 5.91. The SMILES string of the molecule is COc1ccc(CNC(=O)CNC(=O)c2cc3ccccc3[nH]c2=O)cc1. The Labute approximate surface area is 155 Å². The zero-order valence-electron chi connectivity index (χ0n) is 14.7. The summed E-state index contributed by atoms with van der Waals surface area (Å²) in [7, 11) is 1.58. The number of fused-ring (bicyclic) bond motifs is 1. The van der Waals surface area contributed by atoms with E-state index in [1.54, 1.807) is 37.4 Å². The first-order valence-corrected chi connectivity index (χ1v) is 8.37. The van der Waals surface area contributed by atoms with E-state index in [9.17, 15) is 14.4 Å². The molecule has 138 valence electrons. The Morgan fingerprint density at radius 2 is 1.78 bits per heavy atom. The molecule has 7 heteroatoms. The second-order valence-corrected chi connectivity index (χ2v) is 5.91. The highest BCUT2D eigenvalue weighted by molar-refractivity contribution is 5.98. The summed E-state index contributed by atoms with van der Waals surface area (Å²) in [6.45, 7) is 0.108. The molecule has 0 bridgehead atoms. The largest absolute Gasteiger partial charge is 0.497 e. The van der Waals surface area contributed by atoms with Gasteiger partial charge in [0.05, 0.1) is 13.7 Å². The van der Waals surface area contributed by atoms with Crippen molar-refractivity contribution in [1.82, 2.24) is 15.6 Å². The molecular formula is C20H19N3O4. The van der Waals surface area contributed by atoms with Crippen LogP contribution in [-0.2, 0) is 11.3 Å². The van der Waals surface area contributed by atoms with Gasteiger partial charge in [-0.15, -0.1) is 0 Å². The minimum Gasteiger partial charge on any atom is -0.497 e. The number of pyridine rings is 1. The summed E-state index contributed by atoms with van der Waals surface area (Å²) < 4.78 is 5.08. The summed E-state index contributed by atoms with van der Waals surface area (Å²) in [6.07, 6.45) is 0. The van der Waals surface area contributed by atoms with E-state index in [0.29, 0.717) is 12.1 Å². The van der Waals surface area contributed by atoms with Crippen molar-refractivity contribution in [1.29, 1.82) is 0 Å². The summed E-state index contributed by atoms with van der Waals surface area (Å²) in [6, 6.07) is 16.0. The van der Waals surface area contributed by atoms with Gasteiger partial charge in [0.2, 0.25) is 5.91 Å². The van der Waals surface area contributed by atoms with Gasteiger partial charge < -0.3 is 20.4 Å². The lowest BCUT2D eigenvalue weighted by Crippen LogP contribution is -2.38. The maximum Gasteiger partial charge on any atom is 0.261 e. The Morgan fingerprint density at radius 1 is 1.04 bits per heavy atom. The quantitative estimate of drug-likeness (QED) is 0.617. The predicted molar refractivity (Wildman–Crippen MR) is 102 cm³/mol. The van der Waals surface area contributed by atoms with Gasteiger partial charge in [0, 0.05) is 12.1 Å². The van der Waals surface area contributed by atoms with Crippen LogP contribution in [0.2, 0.25) is 0 Å². The molecule has 0 radical (unpaired) electrons. The standard InChI is InChI=1S/C20H19N3O4/c1-27-15-8-6-13(7-9-15)11-21-18(24)12-22-19(25)16-10-14-4-2-3-5-17(14)23-20(16)26/h2-10H,11-12H2,1H3,(H,21,24)(H,22,25)(H,23,26). The Balaban J connectivity index is 1.56. The fraction of sp³-hybridized carbons (Fsp3) is 0.150. The summed E-state index contributed by atoms with van der Waals surface area (Å²) in [5, 5.41) is 5.92. The van der Waals surface area contributed by atoms with E-state index in [2.05, 4.69) is 15.6 Å². The lowest BCUT2D eigenvalue weighted by atomic mass is 10.1. The molecule has 1 aromatic heterocycles. The van der Waals surface area contributed by atoms with Gasteiger partial charge in [0.1, 0.15) is 11.3 Å². The number of aromatic amines is 1. The van der Waals surface area contributed by atoms with E-state index in [-0.39, 0.29) is 18.0 Å². The van der Waals surface area contributed by atoms with Crippen LogP contribution in [0.1, 0.15) is 15.9 Å². The predicted octanol–water partition coefficient (Wildman–Crippen LogP) is 1.58. The van der Waals surface area contributed by atoms with Crippen LogP contribution in [-0.4, -0.2) is 30.5 Å². The van der Waals surface area contributed by atoms with E-state index in [1.165, 1.54) is 6.07 Å². The number of nitrogens with one attached hydrogen (secondary N) is 3. The zero-order chi connectivity index (χ0) is 19.2. The Hall–Kier alpha value is -3.61. The third-order valence-electron chi connectivity index (χ3n) is 4.06. The second kappa shape index (κ2) is 8.18. The zero-order valence-corrected chi connectivity index (χ0v) is 14.7. The number of carbonyl (C=O) groups excluding carboxylic acids is 2. The van der Waals surface area contributed by atoms with Crippen molar-refractivity contribution >= 4 is 22.7 Å². The van der Waals surface area contributed by atoms with Crippen molar-refractivity contribution in [2.75, 3.05) is 13.7 Å². The molecule has 3 aromatic rings. The van der Waals surface area contributed by atoms with Crippen LogP contribution in [0.3, 0.4) is 0 Å². The number of hydrogen-bond donors (Lipinski definition) is 3. The minimum absolute atomic E-state index is 0.0309. The summed E-state index contributed by atoms with van der Waals surface area (Å²) in [5.74, 6) is -0.212. The molecule has 3 N–H and O–H groups in total. The Kier molecular flexibility index (Phi) is 5.51. The lowest BCUT2D eigenvalue weighted by molar-refractivity contribution is -0.120. The first kappa shape index (κ1) is 18.2. The molecule has 1 heterocycles. The van der Waals surface area contributed by atoms with Crippen molar-refractivity contribution in [3.63, 3.8) is 0 Å². The van der Waals surface area contributed by atoms with E-state index in [4.69, 9.17) is 4.74 Å². The minimum atomic E-state index is -0.596. The van der Waals surface area contributed by atoms with Gasteiger partial charge in [-0.25, -0.2) is 0 Å². The maximum absolute atomic E-state index is 12.2. The van der Waals surface area contributed by atoms with Crippen LogP contribution < -0.4 is 20.9 Å². The molecule has 0 spiro atoms. The van der Waals surface area contributed by atoms with Crippen molar-refractivity contribution in [3.8, 4) is 5.75 Å². The fourth-order valence-corrected chi connectivity index (χ4v) is 2.58. The highest BCUT2D eigenvalue weighted by Crippen LogP contribution is 2.11. The van der Waals surface area contributed by atoms with Gasteiger partial charge in [-0.1, -0.05) is 30.3 Å². The first-order chi connectivity index (χ1) is 13.1. The highest BCUT2D eigenvalue weighted by Gasteiger charge is 2.13. The summed E-state index contributed by atoms with van der Waals surface area (Å²) in [5.41, 5.74) is 1.03. The summed E-state index contributed by atoms with van der Waals surface area (Å²) >= 11 is 0. The van der Waals surface area contributed by atoms with Crippen molar-refractivity contribution in [3.05, 3.63) is 76.1 Å². The number of ether oxygens (including phenoxy) is 1. The number of H-pyrrole nitrogens is 1. The van der Waals surface area contributed by atoms with Crippen LogP contribution in [0.15, 0.2) is 59.4 Å². The molecule has 0 aliphatic rings. The molecule has 7 nitrogen and oxygen atoms in total. The smallest absolute Gasteiger partial charge is 0.261 e. The fourth-order valence-electron chi connectivity index (χ4n) is 2.58. The average Bonchev–Trinajstić information content (AvgIpc) is 2.70. The van der Waals surface area contributed by atoms with Crippen molar-refractivity contribution < 1.29 is 14.3 Å². The van der Waals surface area contributed by atoms with Gasteiger partial charge >= 0.3 is 0 Å². The topological polar surface area (TPSA) is 100 Å². The highest BCUT2D eigenvalue weighted by atomic mass is 16.5. The molecular weight excluding hydrogens is 346 g/mol. The van der Waals surface area contributed by atoms with Crippen LogP contribution in [0.5, 0.6) is 5.75 Å². The number of methoxy groups -OCH3 is 1. The van der Waals surface area contributed by atoms with Crippen LogP contribution >= 0.6 is 0 Å². The summed E-state index contributed by atoms with van der Waals surface area (Å²) in [4.78, 5) is 38.9. The van der Waals surface area contributed by atoms with E-state index in [0.717, 1.165) is 16.7 Å². The van der Waals surface area contributed by atoms with E-state index < -0.39 is 11.5 Å². The Morgan fingerprint density at radius 3 is 2.52 bits per heavy atom. The molecule has 0 saturated heterocycles. The number of aromatic nitrogens is 1. The number of rotatable bonds is 6. The molecule has 0 aliphatic heterocycles. The number of para-hydroxylation sites is 1. The molecule has 0 unspecified atom stereocenters. The third kappa shape index (κ3) is 4.52. The van der Waals surface area contributed by atoms with Crippen molar-refractivity contribution in [2.24, 2.45) is 0 Å². The van der Waals surface area contributed by atoms with Crippen LogP contribution in [0.4, 0.5) is 0 Å². The van der Waals surface area contributed by atoms with E-state index in [1.807, 2.05) is 18.2 Å². The van der Waals surface area contributed by atoms with Gasteiger partial charge in [-0.05, 0) is 35.2 Å². The lowest BCUT2D eigenvalue weighted by Gasteiger charge is -2.08. The molecule has 2 amide bonds. The molecule has 0 saturated carbocycles. The maximum atomic E-state index is 12.2. The monoisotopic (exact) mass is 365 g/mol. The van der Waals surface area contributed by atoms with E-state index >= 15 is 0 Å². The molecule has 0 aliphatic carbocycles. The molecule has 2 aromatic carbocycles. The van der Waals surface area contributed by atoms with Crippen molar-refractivity contribution in [2.45, 2.75) is 6.54 Å². The number of hydrogen-bond acceptors (Lipinski definition) is 4. The molecule has 3 rings (SSSR count). The molecule has 0 fully saturated rings. The van der Waals surface area contributed by atoms with Crippen LogP contribution in [0, 0.1) is 0 Å². The number of carbonyl (C=O) groups is 2. The van der Waals surface area contributed by atoms with Gasteiger partial charge in [-0.2, -0.15) is 0 Å². The van der Waals surface area contributed by atoms with Crippen LogP contribution in [0.25, 0.3) is 10.9 Å². The first-order valence-electron chi connectivity index (χ1n) is 8.37. The molecule has 27 heavy (non-hydrogen) atoms. The number of amides is 2. The van der Waals surface area contributed by atoms with Gasteiger partial charge in [-0.3, -0.25) is 14.4 Å².